The molecule has 6 heteroatoms. The number of allylic oxidation sites excluding steroid dienone is 1. The van der Waals surface area contributed by atoms with E-state index in [2.05, 4.69) is 10.6 Å². The monoisotopic (exact) mass is 312 g/mol. The maximum Gasteiger partial charge on any atom is 0.326 e. The zero-order chi connectivity index (χ0) is 17.3. The first kappa shape index (κ1) is 20.1. The van der Waals surface area contributed by atoms with E-state index in [1.165, 1.54) is 0 Å². The standard InChI is InChI=1S/C16H28N2O4/c1-6-7-8-12(16(21)22)17-15(20)14(11(4)5)18-13(19)9-10(2)3/h6-7,10-12,14H,8-9H2,1-5H3,(H,17,20)(H,18,19)(H,21,22)/b7-6+. The number of aliphatic carboxylic acids is 1. The number of carboxylic acids is 1. The van der Waals surface area contributed by atoms with Crippen LogP contribution in [0.15, 0.2) is 12.2 Å². The Kier molecular flexibility index (Phi) is 9.13. The Labute approximate surface area is 132 Å². The van der Waals surface area contributed by atoms with Crippen molar-refractivity contribution in [3.8, 4) is 0 Å². The molecule has 0 saturated heterocycles. The highest BCUT2D eigenvalue weighted by Crippen LogP contribution is 2.06. The van der Waals surface area contributed by atoms with Crippen LogP contribution in [0.4, 0.5) is 0 Å². The van der Waals surface area contributed by atoms with E-state index in [-0.39, 0.29) is 24.2 Å². The molecule has 0 aromatic heterocycles. The SMILES string of the molecule is C/C=C/CC(NC(=O)C(NC(=O)CC(C)C)C(C)C)C(=O)O. The van der Waals surface area contributed by atoms with Gasteiger partial charge in [0.15, 0.2) is 0 Å². The Morgan fingerprint density at radius 2 is 1.68 bits per heavy atom. The third kappa shape index (κ3) is 7.81. The number of hydrogen-bond donors (Lipinski definition) is 3. The molecule has 0 aliphatic rings. The summed E-state index contributed by atoms with van der Waals surface area (Å²) >= 11 is 0. The van der Waals surface area contributed by atoms with Crippen molar-refractivity contribution in [3.05, 3.63) is 12.2 Å². The minimum Gasteiger partial charge on any atom is -0.480 e. The molecule has 6 nitrogen and oxygen atoms in total. The summed E-state index contributed by atoms with van der Waals surface area (Å²) in [6.07, 6.45) is 3.95. The molecule has 126 valence electrons. The van der Waals surface area contributed by atoms with Gasteiger partial charge in [0, 0.05) is 6.42 Å². The molecule has 0 spiro atoms. The van der Waals surface area contributed by atoms with Gasteiger partial charge in [0.05, 0.1) is 0 Å². The Bertz CT molecular complexity index is 416. The summed E-state index contributed by atoms with van der Waals surface area (Å²) < 4.78 is 0. The van der Waals surface area contributed by atoms with E-state index in [1.807, 2.05) is 27.7 Å². The molecule has 0 fully saturated rings. The highest BCUT2D eigenvalue weighted by molar-refractivity contribution is 5.90. The molecule has 0 radical (unpaired) electrons. The van der Waals surface area contributed by atoms with Gasteiger partial charge >= 0.3 is 5.97 Å². The van der Waals surface area contributed by atoms with Crippen LogP contribution in [0.25, 0.3) is 0 Å². The Morgan fingerprint density at radius 1 is 1.09 bits per heavy atom. The van der Waals surface area contributed by atoms with Crippen molar-refractivity contribution >= 4 is 17.8 Å². The van der Waals surface area contributed by atoms with Crippen molar-refractivity contribution in [2.75, 3.05) is 0 Å². The number of nitrogens with one attached hydrogen (secondary N) is 2. The summed E-state index contributed by atoms with van der Waals surface area (Å²) in [5.41, 5.74) is 0. The van der Waals surface area contributed by atoms with Gasteiger partial charge in [-0.25, -0.2) is 4.79 Å². The smallest absolute Gasteiger partial charge is 0.326 e. The summed E-state index contributed by atoms with van der Waals surface area (Å²) in [5, 5.41) is 14.3. The summed E-state index contributed by atoms with van der Waals surface area (Å²) in [6, 6.07) is -1.73. The van der Waals surface area contributed by atoms with Crippen LogP contribution >= 0.6 is 0 Å². The van der Waals surface area contributed by atoms with Crippen LogP contribution in [-0.4, -0.2) is 35.0 Å². The van der Waals surface area contributed by atoms with Crippen LogP contribution in [0.1, 0.15) is 47.5 Å². The van der Waals surface area contributed by atoms with Gasteiger partial charge in [-0.1, -0.05) is 39.8 Å². The van der Waals surface area contributed by atoms with E-state index < -0.39 is 24.0 Å². The van der Waals surface area contributed by atoms with E-state index in [4.69, 9.17) is 5.11 Å². The molecule has 0 rings (SSSR count). The molecule has 2 atom stereocenters. The summed E-state index contributed by atoms with van der Waals surface area (Å²) in [5.74, 6) is -1.71. The fourth-order valence-electron chi connectivity index (χ4n) is 1.89. The lowest BCUT2D eigenvalue weighted by atomic mass is 10.0. The topological polar surface area (TPSA) is 95.5 Å². The highest BCUT2D eigenvalue weighted by atomic mass is 16.4. The average molecular weight is 312 g/mol. The van der Waals surface area contributed by atoms with Crippen molar-refractivity contribution in [2.45, 2.75) is 59.5 Å². The van der Waals surface area contributed by atoms with E-state index >= 15 is 0 Å². The predicted molar refractivity (Wildman–Crippen MR) is 85.2 cm³/mol. The van der Waals surface area contributed by atoms with Gasteiger partial charge in [-0.15, -0.1) is 0 Å². The fourth-order valence-corrected chi connectivity index (χ4v) is 1.89. The molecule has 0 aliphatic heterocycles. The maximum atomic E-state index is 12.3. The van der Waals surface area contributed by atoms with Crippen molar-refractivity contribution in [3.63, 3.8) is 0 Å². The zero-order valence-electron chi connectivity index (χ0n) is 14.1. The van der Waals surface area contributed by atoms with Crippen LogP contribution < -0.4 is 10.6 Å². The van der Waals surface area contributed by atoms with E-state index in [9.17, 15) is 14.4 Å². The van der Waals surface area contributed by atoms with Gasteiger partial charge in [-0.2, -0.15) is 0 Å². The van der Waals surface area contributed by atoms with Crippen LogP contribution in [0.3, 0.4) is 0 Å². The minimum absolute atomic E-state index is 0.132. The summed E-state index contributed by atoms with van der Waals surface area (Å²) in [7, 11) is 0. The van der Waals surface area contributed by atoms with Crippen LogP contribution in [0.5, 0.6) is 0 Å². The lowest BCUT2D eigenvalue weighted by Gasteiger charge is -2.24. The summed E-state index contributed by atoms with van der Waals surface area (Å²) in [6.45, 7) is 9.23. The second-order valence-corrected chi connectivity index (χ2v) is 6.09. The highest BCUT2D eigenvalue weighted by Gasteiger charge is 2.28. The lowest BCUT2D eigenvalue weighted by molar-refractivity contribution is -0.142. The molecular formula is C16H28N2O4. The Balaban J connectivity index is 4.83. The number of amides is 2. The van der Waals surface area contributed by atoms with Crippen LogP contribution in [0.2, 0.25) is 0 Å². The maximum absolute atomic E-state index is 12.3. The van der Waals surface area contributed by atoms with Crippen LogP contribution in [0, 0.1) is 11.8 Å². The number of hydrogen-bond acceptors (Lipinski definition) is 3. The molecule has 3 N–H and O–H groups in total. The van der Waals surface area contributed by atoms with E-state index in [0.29, 0.717) is 6.42 Å². The molecule has 0 bridgehead atoms. The van der Waals surface area contributed by atoms with Gasteiger partial charge in [0.1, 0.15) is 12.1 Å². The van der Waals surface area contributed by atoms with Crippen molar-refractivity contribution < 1.29 is 19.5 Å². The van der Waals surface area contributed by atoms with Gasteiger partial charge in [0.2, 0.25) is 11.8 Å². The van der Waals surface area contributed by atoms with Gasteiger partial charge in [-0.05, 0) is 25.2 Å². The third-order valence-corrected chi connectivity index (χ3v) is 3.08. The molecule has 0 aromatic rings. The third-order valence-electron chi connectivity index (χ3n) is 3.08. The Hall–Kier alpha value is -1.85. The quantitative estimate of drug-likeness (QED) is 0.565. The molecule has 2 unspecified atom stereocenters. The Morgan fingerprint density at radius 3 is 2.09 bits per heavy atom. The number of carbonyl (C=O) groups excluding carboxylic acids is 2. The second-order valence-electron chi connectivity index (χ2n) is 6.09. The molecule has 0 saturated carbocycles. The zero-order valence-corrected chi connectivity index (χ0v) is 14.1. The van der Waals surface area contributed by atoms with E-state index in [1.54, 1.807) is 19.1 Å². The average Bonchev–Trinajstić information content (AvgIpc) is 2.38. The lowest BCUT2D eigenvalue weighted by Crippen LogP contribution is -2.53. The van der Waals surface area contributed by atoms with Crippen LogP contribution in [-0.2, 0) is 14.4 Å². The normalized spacial score (nSPS) is 14.1. The molecule has 0 aliphatic carbocycles. The first-order chi connectivity index (χ1) is 10.2. The molecule has 0 heterocycles. The van der Waals surface area contributed by atoms with E-state index in [0.717, 1.165) is 0 Å². The van der Waals surface area contributed by atoms with Crippen molar-refractivity contribution in [2.24, 2.45) is 11.8 Å². The minimum atomic E-state index is -1.09. The molecular weight excluding hydrogens is 284 g/mol. The van der Waals surface area contributed by atoms with Crippen molar-refractivity contribution in [1.29, 1.82) is 0 Å². The number of rotatable bonds is 9. The summed E-state index contributed by atoms with van der Waals surface area (Å²) in [4.78, 5) is 35.3. The van der Waals surface area contributed by atoms with Crippen molar-refractivity contribution in [1.82, 2.24) is 10.6 Å². The molecule has 22 heavy (non-hydrogen) atoms. The first-order valence-electron chi connectivity index (χ1n) is 7.62. The van der Waals surface area contributed by atoms with Gasteiger partial charge in [-0.3, -0.25) is 9.59 Å². The number of carbonyl (C=O) groups is 3. The molecule has 0 aromatic carbocycles. The fraction of sp³-hybridized carbons (Fsp3) is 0.688. The van der Waals surface area contributed by atoms with Gasteiger partial charge < -0.3 is 15.7 Å². The molecule has 2 amide bonds. The number of carboxylic acid groups (broad SMARTS) is 1. The first-order valence-corrected chi connectivity index (χ1v) is 7.62. The van der Waals surface area contributed by atoms with Gasteiger partial charge in [0.25, 0.3) is 0 Å². The second kappa shape index (κ2) is 9.97. The predicted octanol–water partition coefficient (Wildman–Crippen LogP) is 1.71. The largest absolute Gasteiger partial charge is 0.480 e.